The first-order valence-electron chi connectivity index (χ1n) is 9.44. The van der Waals surface area contributed by atoms with Gasteiger partial charge in [-0.2, -0.15) is 0 Å². The summed E-state index contributed by atoms with van der Waals surface area (Å²) in [5.41, 5.74) is 0.961. The van der Waals surface area contributed by atoms with Gasteiger partial charge in [0, 0.05) is 0 Å². The second kappa shape index (κ2) is 10.2. The molecule has 1 aliphatic heterocycles. The largest absolute Gasteiger partial charge is 0.453 e. The first kappa shape index (κ1) is 21.7. The van der Waals surface area contributed by atoms with Crippen molar-refractivity contribution in [1.82, 2.24) is 0 Å². The molecule has 1 fully saturated rings. The normalized spacial score (nSPS) is 26.9. The van der Waals surface area contributed by atoms with Crippen molar-refractivity contribution in [3.05, 3.63) is 60.7 Å². The van der Waals surface area contributed by atoms with E-state index in [1.54, 1.807) is 13.0 Å². The molecule has 0 amide bonds. The number of fused-ring (bicyclic) bond motifs is 1. The molecule has 0 bridgehead atoms. The molecule has 0 spiro atoms. The van der Waals surface area contributed by atoms with Crippen LogP contribution in [-0.2, 0) is 30.3 Å². The van der Waals surface area contributed by atoms with Crippen LogP contribution < -0.4 is 0 Å². The number of hydrogen-bond donors (Lipinski definition) is 1. The molecule has 1 aliphatic rings. The average molecular weight is 421 g/mol. The lowest BCUT2D eigenvalue weighted by Crippen LogP contribution is -2.59. The topological polar surface area (TPSA) is 74.2 Å². The number of benzene rings is 2. The molecule has 0 aromatic heterocycles. The fourth-order valence-corrected chi connectivity index (χ4v) is 3.42. The third kappa shape index (κ3) is 5.35. The number of ether oxygens (including phenoxy) is 4. The van der Waals surface area contributed by atoms with Crippen molar-refractivity contribution in [1.29, 1.82) is 0 Å². The molecule has 5 atom stereocenters. The summed E-state index contributed by atoms with van der Waals surface area (Å²) in [6, 6.07) is 14.1. The molecule has 1 saturated heterocycles. The van der Waals surface area contributed by atoms with Gasteiger partial charge in [-0.3, -0.25) is 4.79 Å². The predicted octanol–water partition coefficient (Wildman–Crippen LogP) is 3.18. The number of aliphatic hydroxyl groups is 1. The van der Waals surface area contributed by atoms with Crippen molar-refractivity contribution in [2.24, 2.45) is 0 Å². The zero-order valence-electron chi connectivity index (χ0n) is 16.2. The lowest BCUT2D eigenvalue weighted by atomic mass is 9.99. The molecule has 2 aromatic carbocycles. The molecule has 1 heterocycles. The molecule has 3 rings (SSSR count). The summed E-state index contributed by atoms with van der Waals surface area (Å²) in [6.45, 7) is 5.82. The van der Waals surface area contributed by atoms with E-state index in [4.69, 9.17) is 30.5 Å². The van der Waals surface area contributed by atoms with E-state index >= 15 is 0 Å². The molecule has 7 heteroatoms. The number of esters is 1. The van der Waals surface area contributed by atoms with Crippen LogP contribution in [0.25, 0.3) is 10.8 Å². The van der Waals surface area contributed by atoms with Gasteiger partial charge < -0.3 is 24.1 Å². The molecule has 29 heavy (non-hydrogen) atoms. The van der Waals surface area contributed by atoms with Gasteiger partial charge in [0.05, 0.1) is 19.3 Å². The standard InChI is InChI=1S/C22H25ClO6/c1-3-10-26-22-21(29-18(24)12-23)19(25)20(14(2)28-22)27-13-15-8-9-16-6-4-5-7-17(16)11-15/h3-9,11,14,19-22,25H,1,10,12-13H2,2H3/t14-,19+,20-,21+,22+/m0/s1. The van der Waals surface area contributed by atoms with E-state index in [1.165, 1.54) is 0 Å². The fraction of sp³-hybridized carbons (Fsp3) is 0.409. The van der Waals surface area contributed by atoms with Crippen LogP contribution >= 0.6 is 11.6 Å². The van der Waals surface area contributed by atoms with Crippen LogP contribution in [0, 0.1) is 0 Å². The number of alkyl halides is 1. The monoisotopic (exact) mass is 420 g/mol. The summed E-state index contributed by atoms with van der Waals surface area (Å²) < 4.78 is 22.6. The zero-order chi connectivity index (χ0) is 20.8. The van der Waals surface area contributed by atoms with Crippen molar-refractivity contribution in [3.8, 4) is 0 Å². The van der Waals surface area contributed by atoms with Gasteiger partial charge in [-0.05, 0) is 29.3 Å². The van der Waals surface area contributed by atoms with Crippen molar-refractivity contribution in [2.75, 3.05) is 12.5 Å². The Morgan fingerprint density at radius 2 is 1.97 bits per heavy atom. The summed E-state index contributed by atoms with van der Waals surface area (Å²) in [5, 5.41) is 13.1. The van der Waals surface area contributed by atoms with Gasteiger partial charge in [0.2, 0.25) is 0 Å². The summed E-state index contributed by atoms with van der Waals surface area (Å²) in [6.07, 6.45) is -2.78. The maximum Gasteiger partial charge on any atom is 0.321 e. The number of aliphatic hydroxyl groups excluding tert-OH is 1. The molecule has 0 aliphatic carbocycles. The van der Waals surface area contributed by atoms with Crippen molar-refractivity contribution in [2.45, 2.75) is 44.2 Å². The first-order chi connectivity index (χ1) is 14.0. The van der Waals surface area contributed by atoms with E-state index < -0.39 is 36.7 Å². The number of halogens is 1. The Morgan fingerprint density at radius 3 is 2.69 bits per heavy atom. The van der Waals surface area contributed by atoms with Crippen LogP contribution in [0.2, 0.25) is 0 Å². The van der Waals surface area contributed by atoms with Crippen molar-refractivity contribution in [3.63, 3.8) is 0 Å². The van der Waals surface area contributed by atoms with Gasteiger partial charge in [-0.1, -0.05) is 42.5 Å². The maximum absolute atomic E-state index is 11.7. The van der Waals surface area contributed by atoms with Gasteiger partial charge in [0.1, 0.15) is 18.1 Å². The predicted molar refractivity (Wildman–Crippen MR) is 110 cm³/mol. The Bertz CT molecular complexity index is 841. The van der Waals surface area contributed by atoms with Crippen LogP contribution in [0.5, 0.6) is 0 Å². The highest BCUT2D eigenvalue weighted by Gasteiger charge is 2.47. The minimum Gasteiger partial charge on any atom is -0.453 e. The Morgan fingerprint density at radius 1 is 1.21 bits per heavy atom. The number of rotatable bonds is 8. The van der Waals surface area contributed by atoms with E-state index in [9.17, 15) is 9.90 Å². The second-order valence-electron chi connectivity index (χ2n) is 6.87. The zero-order valence-corrected chi connectivity index (χ0v) is 17.0. The molecular formula is C22H25ClO6. The summed E-state index contributed by atoms with van der Waals surface area (Å²) in [4.78, 5) is 11.7. The molecule has 1 N–H and O–H groups in total. The summed E-state index contributed by atoms with van der Waals surface area (Å²) in [5.74, 6) is -1.01. The van der Waals surface area contributed by atoms with E-state index in [0.29, 0.717) is 0 Å². The van der Waals surface area contributed by atoms with Crippen molar-refractivity contribution >= 4 is 28.3 Å². The van der Waals surface area contributed by atoms with Crippen LogP contribution in [0.1, 0.15) is 12.5 Å². The molecule has 0 unspecified atom stereocenters. The van der Waals surface area contributed by atoms with E-state index in [2.05, 4.69) is 6.58 Å². The Hall–Kier alpha value is -1.96. The second-order valence-corrected chi connectivity index (χ2v) is 7.13. The van der Waals surface area contributed by atoms with Gasteiger partial charge in [0.15, 0.2) is 12.4 Å². The molecular weight excluding hydrogens is 396 g/mol. The highest BCUT2D eigenvalue weighted by molar-refractivity contribution is 6.26. The molecule has 6 nitrogen and oxygen atoms in total. The highest BCUT2D eigenvalue weighted by Crippen LogP contribution is 2.28. The van der Waals surface area contributed by atoms with E-state index in [1.807, 2.05) is 42.5 Å². The van der Waals surface area contributed by atoms with Crippen LogP contribution in [0.4, 0.5) is 0 Å². The van der Waals surface area contributed by atoms with E-state index in [-0.39, 0.29) is 19.1 Å². The van der Waals surface area contributed by atoms with Crippen LogP contribution in [-0.4, -0.2) is 54.3 Å². The number of hydrogen-bond acceptors (Lipinski definition) is 6. The quantitative estimate of drug-likeness (QED) is 0.401. The van der Waals surface area contributed by atoms with E-state index in [0.717, 1.165) is 16.3 Å². The lowest BCUT2D eigenvalue weighted by Gasteiger charge is -2.42. The number of carbonyl (C=O) groups excluding carboxylic acids is 1. The smallest absolute Gasteiger partial charge is 0.321 e. The molecule has 0 radical (unpaired) electrons. The lowest BCUT2D eigenvalue weighted by molar-refractivity contribution is -0.301. The first-order valence-corrected chi connectivity index (χ1v) is 9.97. The van der Waals surface area contributed by atoms with Crippen LogP contribution in [0.15, 0.2) is 55.1 Å². The van der Waals surface area contributed by atoms with Crippen LogP contribution in [0.3, 0.4) is 0 Å². The third-order valence-electron chi connectivity index (χ3n) is 4.76. The van der Waals surface area contributed by atoms with Gasteiger partial charge in [-0.15, -0.1) is 18.2 Å². The Kier molecular flexibility index (Phi) is 7.64. The Balaban J connectivity index is 1.71. The number of carbonyl (C=O) groups is 1. The molecule has 0 saturated carbocycles. The minimum absolute atomic E-state index is 0.182. The molecule has 2 aromatic rings. The highest BCUT2D eigenvalue weighted by atomic mass is 35.5. The van der Waals surface area contributed by atoms with Gasteiger partial charge >= 0.3 is 5.97 Å². The summed E-state index contributed by atoms with van der Waals surface area (Å²) >= 11 is 5.54. The van der Waals surface area contributed by atoms with Gasteiger partial charge in [0.25, 0.3) is 0 Å². The third-order valence-corrected chi connectivity index (χ3v) is 4.98. The van der Waals surface area contributed by atoms with Gasteiger partial charge in [-0.25, -0.2) is 0 Å². The molecule has 156 valence electrons. The Labute approximate surface area is 175 Å². The average Bonchev–Trinajstić information content (AvgIpc) is 2.74. The summed E-state index contributed by atoms with van der Waals surface area (Å²) in [7, 11) is 0. The van der Waals surface area contributed by atoms with Crippen molar-refractivity contribution < 1.29 is 28.8 Å². The fourth-order valence-electron chi connectivity index (χ4n) is 3.35. The SMILES string of the molecule is C=CCO[C@@H]1O[C@@H](C)[C@H](OCc2ccc3ccccc3c2)[C@@H](O)[C@H]1OC(=O)CCl. The minimum atomic E-state index is -1.14. The maximum atomic E-state index is 11.7.